The van der Waals surface area contributed by atoms with Crippen molar-refractivity contribution in [2.45, 2.75) is 25.9 Å². The second kappa shape index (κ2) is 8.73. The first kappa shape index (κ1) is 18.3. The molecule has 2 aromatic heterocycles. The zero-order chi connectivity index (χ0) is 18.4. The Morgan fingerprint density at radius 2 is 2.00 bits per heavy atom. The Labute approximate surface area is 156 Å². The number of carbonyl (C=O) groups excluding carboxylic acids is 1. The first-order valence-corrected chi connectivity index (χ1v) is 9.49. The van der Waals surface area contributed by atoms with Gasteiger partial charge in [-0.25, -0.2) is 0 Å². The Bertz CT molecular complexity index is 843. The third kappa shape index (κ3) is 5.00. The van der Waals surface area contributed by atoms with Crippen molar-refractivity contribution in [2.75, 3.05) is 14.1 Å². The molecule has 0 aliphatic rings. The molecule has 6 nitrogen and oxygen atoms in total. The second-order valence-electron chi connectivity index (χ2n) is 6.42. The van der Waals surface area contributed by atoms with Crippen molar-refractivity contribution in [1.29, 1.82) is 0 Å². The van der Waals surface area contributed by atoms with Crippen molar-refractivity contribution in [1.82, 2.24) is 15.5 Å². The third-order valence-corrected chi connectivity index (χ3v) is 4.78. The summed E-state index contributed by atoms with van der Waals surface area (Å²) in [6, 6.07) is 12.1. The first-order chi connectivity index (χ1) is 12.6. The number of nitrogens with zero attached hydrogens (tertiary/aromatic N) is 2. The molecule has 2 N–H and O–H groups in total. The van der Waals surface area contributed by atoms with Crippen LogP contribution in [0, 0.1) is 0 Å². The molecule has 0 aliphatic heterocycles. The maximum absolute atomic E-state index is 12.2. The molecule has 136 valence electrons. The fraction of sp³-hybridized carbons (Fsp3) is 0.316. The predicted octanol–water partition coefficient (Wildman–Crippen LogP) is 1.69. The van der Waals surface area contributed by atoms with Gasteiger partial charge in [-0.05, 0) is 17.0 Å². The first-order valence-electron chi connectivity index (χ1n) is 8.61. The van der Waals surface area contributed by atoms with E-state index >= 15 is 0 Å². The zero-order valence-electron chi connectivity index (χ0n) is 15.0. The molecule has 0 spiro atoms. The molecule has 7 heteroatoms. The minimum Gasteiger partial charge on any atom is -0.352 e. The van der Waals surface area contributed by atoms with E-state index in [2.05, 4.69) is 41.7 Å². The number of quaternary nitrogens is 1. The van der Waals surface area contributed by atoms with E-state index < -0.39 is 0 Å². The molecule has 0 bridgehead atoms. The summed E-state index contributed by atoms with van der Waals surface area (Å²) in [5.74, 6) is 1.04. The molecule has 1 aromatic carbocycles. The van der Waals surface area contributed by atoms with E-state index in [0.717, 1.165) is 17.0 Å². The summed E-state index contributed by atoms with van der Waals surface area (Å²) in [6.07, 6.45) is 0.765. The Morgan fingerprint density at radius 1 is 1.19 bits per heavy atom. The van der Waals surface area contributed by atoms with Crippen LogP contribution in [0.15, 0.2) is 46.3 Å². The average Bonchev–Trinajstić information content (AvgIpc) is 3.30. The largest absolute Gasteiger partial charge is 0.352 e. The minimum absolute atomic E-state index is 0.0205. The summed E-state index contributed by atoms with van der Waals surface area (Å²) in [6.45, 7) is 1.46. The molecule has 0 radical (unpaired) electrons. The van der Waals surface area contributed by atoms with Gasteiger partial charge >= 0.3 is 0 Å². The lowest BCUT2D eigenvalue weighted by molar-refractivity contribution is -0.872. The molecule has 0 atom stereocenters. The minimum atomic E-state index is -0.0205. The number of hydrogen-bond acceptors (Lipinski definition) is 5. The monoisotopic (exact) mass is 371 g/mol. The van der Waals surface area contributed by atoms with E-state index in [9.17, 15) is 4.79 Å². The van der Waals surface area contributed by atoms with Gasteiger partial charge in [-0.3, -0.25) is 4.79 Å². The van der Waals surface area contributed by atoms with Crippen molar-refractivity contribution >= 4 is 17.2 Å². The van der Waals surface area contributed by atoms with Crippen LogP contribution in [-0.4, -0.2) is 30.1 Å². The van der Waals surface area contributed by atoms with E-state index in [-0.39, 0.29) is 5.91 Å². The Balaban J connectivity index is 1.49. The highest BCUT2D eigenvalue weighted by Crippen LogP contribution is 2.21. The number of carbonyl (C=O) groups is 1. The van der Waals surface area contributed by atoms with Gasteiger partial charge in [-0.2, -0.15) is 4.98 Å². The van der Waals surface area contributed by atoms with Gasteiger partial charge in [0.25, 0.3) is 0 Å². The predicted molar refractivity (Wildman–Crippen MR) is 101 cm³/mol. The van der Waals surface area contributed by atoms with Gasteiger partial charge in [-0.1, -0.05) is 35.5 Å². The Hall–Kier alpha value is -2.51. The van der Waals surface area contributed by atoms with E-state index in [0.29, 0.717) is 31.1 Å². The quantitative estimate of drug-likeness (QED) is 0.632. The van der Waals surface area contributed by atoms with Gasteiger partial charge < -0.3 is 14.7 Å². The molecular formula is C19H23N4O2S+. The topological polar surface area (TPSA) is 72.5 Å². The van der Waals surface area contributed by atoms with Gasteiger partial charge in [-0.15, -0.1) is 11.3 Å². The molecule has 1 amide bonds. The average molecular weight is 371 g/mol. The van der Waals surface area contributed by atoms with Gasteiger partial charge in [0.05, 0.1) is 19.0 Å². The number of rotatable bonds is 8. The summed E-state index contributed by atoms with van der Waals surface area (Å²) in [5.41, 5.74) is 2.41. The van der Waals surface area contributed by atoms with Crippen molar-refractivity contribution in [3.05, 3.63) is 58.8 Å². The van der Waals surface area contributed by atoms with Crippen molar-refractivity contribution in [2.24, 2.45) is 0 Å². The van der Waals surface area contributed by atoms with Gasteiger partial charge in [0.1, 0.15) is 6.54 Å². The number of hydrogen-bond donors (Lipinski definition) is 2. The molecule has 0 fully saturated rings. The fourth-order valence-electron chi connectivity index (χ4n) is 2.65. The van der Waals surface area contributed by atoms with Crippen LogP contribution in [0.3, 0.4) is 0 Å². The standard InChI is InChI=1S/C19H22N4O2S/c1-23(2)13-15-7-4-3-6-14(15)12-20-17(24)9-10-18-21-19(22-25-18)16-8-5-11-26-16/h3-8,11H,9-10,12-13H2,1-2H3,(H,20,24)/p+1. The molecule has 0 saturated heterocycles. The SMILES string of the molecule is C[NH+](C)Cc1ccccc1CNC(=O)CCc1nc(-c2cccs2)no1. The second-order valence-corrected chi connectivity index (χ2v) is 7.37. The Morgan fingerprint density at radius 3 is 2.73 bits per heavy atom. The molecule has 26 heavy (non-hydrogen) atoms. The number of amides is 1. The molecular weight excluding hydrogens is 348 g/mol. The molecule has 3 rings (SSSR count). The van der Waals surface area contributed by atoms with Gasteiger partial charge in [0.2, 0.25) is 17.6 Å². The molecule has 2 heterocycles. The number of aromatic nitrogens is 2. The third-order valence-electron chi connectivity index (χ3n) is 3.91. The summed E-state index contributed by atoms with van der Waals surface area (Å²) < 4.78 is 5.23. The van der Waals surface area contributed by atoms with Crippen molar-refractivity contribution in [3.63, 3.8) is 0 Å². The van der Waals surface area contributed by atoms with Crippen LogP contribution < -0.4 is 10.2 Å². The lowest BCUT2D eigenvalue weighted by Gasteiger charge is -2.12. The van der Waals surface area contributed by atoms with Gasteiger partial charge in [0, 0.05) is 24.9 Å². The summed E-state index contributed by atoms with van der Waals surface area (Å²) in [5, 5.41) is 8.91. The smallest absolute Gasteiger partial charge is 0.227 e. The number of thiophene rings is 1. The van der Waals surface area contributed by atoms with Crippen LogP contribution >= 0.6 is 11.3 Å². The summed E-state index contributed by atoms with van der Waals surface area (Å²) in [4.78, 5) is 18.8. The van der Waals surface area contributed by atoms with Crippen LogP contribution in [-0.2, 0) is 24.3 Å². The zero-order valence-corrected chi connectivity index (χ0v) is 15.8. The van der Waals surface area contributed by atoms with E-state index in [1.807, 2.05) is 29.6 Å². The maximum Gasteiger partial charge on any atom is 0.227 e. The highest BCUT2D eigenvalue weighted by Gasteiger charge is 2.12. The van der Waals surface area contributed by atoms with Crippen LogP contribution in [0.5, 0.6) is 0 Å². The van der Waals surface area contributed by atoms with Gasteiger partial charge in [0.15, 0.2) is 0 Å². The van der Waals surface area contributed by atoms with Crippen LogP contribution in [0.4, 0.5) is 0 Å². The van der Waals surface area contributed by atoms with Crippen molar-refractivity contribution < 1.29 is 14.2 Å². The number of nitrogens with one attached hydrogen (secondary N) is 2. The lowest BCUT2D eigenvalue weighted by Crippen LogP contribution is -3.04. The number of benzene rings is 1. The van der Waals surface area contributed by atoms with Crippen LogP contribution in [0.2, 0.25) is 0 Å². The molecule has 0 unspecified atom stereocenters. The molecule has 0 saturated carbocycles. The van der Waals surface area contributed by atoms with Crippen molar-refractivity contribution in [3.8, 4) is 10.7 Å². The normalized spacial score (nSPS) is 11.0. The van der Waals surface area contributed by atoms with E-state index in [1.165, 1.54) is 10.5 Å². The van der Waals surface area contributed by atoms with E-state index in [1.54, 1.807) is 11.3 Å². The summed E-state index contributed by atoms with van der Waals surface area (Å²) in [7, 11) is 4.23. The van der Waals surface area contributed by atoms with Crippen LogP contribution in [0.25, 0.3) is 10.7 Å². The lowest BCUT2D eigenvalue weighted by atomic mass is 10.1. The van der Waals surface area contributed by atoms with E-state index in [4.69, 9.17) is 4.52 Å². The van der Waals surface area contributed by atoms with Crippen LogP contribution in [0.1, 0.15) is 23.4 Å². The number of aryl methyl sites for hydroxylation is 1. The maximum atomic E-state index is 12.2. The highest BCUT2D eigenvalue weighted by molar-refractivity contribution is 7.13. The summed E-state index contributed by atoms with van der Waals surface area (Å²) >= 11 is 1.56. The Kier molecular flexibility index (Phi) is 6.14. The molecule has 3 aromatic rings. The molecule has 0 aliphatic carbocycles. The fourth-order valence-corrected chi connectivity index (χ4v) is 3.30. The highest BCUT2D eigenvalue weighted by atomic mass is 32.1.